The molecule has 1 aliphatic heterocycles. The number of amides is 1. The lowest BCUT2D eigenvalue weighted by Gasteiger charge is -2.34. The Kier molecular flexibility index (Phi) is 6.56. The molecule has 2 atom stereocenters. The summed E-state index contributed by atoms with van der Waals surface area (Å²) in [5.41, 5.74) is 1.34. The van der Waals surface area contributed by atoms with E-state index in [0.717, 1.165) is 6.26 Å². The van der Waals surface area contributed by atoms with Crippen molar-refractivity contribution in [3.05, 3.63) is 53.6 Å². The molecule has 1 fully saturated rings. The van der Waals surface area contributed by atoms with Gasteiger partial charge in [0.25, 0.3) is 5.91 Å². The fourth-order valence-corrected chi connectivity index (χ4v) is 5.65. The Morgan fingerprint density at radius 1 is 0.968 bits per heavy atom. The summed E-state index contributed by atoms with van der Waals surface area (Å²) in [6.07, 6.45) is 0.697. The van der Waals surface area contributed by atoms with E-state index < -0.39 is 25.8 Å². The minimum absolute atomic E-state index is 0.0978. The zero-order valence-corrected chi connectivity index (χ0v) is 19.5. The average molecular weight is 467 g/mol. The monoisotopic (exact) mass is 466 g/mol. The fraction of sp³-hybridized carbons (Fsp3) is 0.381. The molecule has 0 radical (unpaired) electrons. The van der Waals surface area contributed by atoms with Gasteiger partial charge in [0, 0.05) is 30.6 Å². The van der Waals surface area contributed by atoms with Gasteiger partial charge < -0.3 is 10.1 Å². The summed E-state index contributed by atoms with van der Waals surface area (Å²) in [7, 11) is -7.12. The number of hydrogen-bond acceptors (Lipinski definition) is 6. The third-order valence-corrected chi connectivity index (χ3v) is 7.98. The Hall–Kier alpha value is -2.27. The van der Waals surface area contributed by atoms with Crippen molar-refractivity contribution >= 4 is 31.5 Å². The summed E-state index contributed by atoms with van der Waals surface area (Å²) >= 11 is 0. The zero-order valence-electron chi connectivity index (χ0n) is 17.8. The number of anilines is 1. The van der Waals surface area contributed by atoms with Crippen LogP contribution in [-0.4, -0.2) is 58.6 Å². The highest BCUT2D eigenvalue weighted by atomic mass is 32.2. The average Bonchev–Trinajstić information content (AvgIpc) is 2.68. The maximum absolute atomic E-state index is 12.9. The number of morpholine rings is 1. The van der Waals surface area contributed by atoms with Crippen LogP contribution in [0, 0.1) is 6.92 Å². The van der Waals surface area contributed by atoms with Crippen LogP contribution in [0.2, 0.25) is 0 Å². The number of aryl methyl sites for hydroxylation is 1. The predicted molar refractivity (Wildman–Crippen MR) is 117 cm³/mol. The van der Waals surface area contributed by atoms with Crippen LogP contribution in [0.15, 0.2) is 52.3 Å². The smallest absolute Gasteiger partial charge is 0.255 e. The van der Waals surface area contributed by atoms with Gasteiger partial charge in [-0.1, -0.05) is 6.07 Å². The number of ether oxygens (including phenoxy) is 1. The van der Waals surface area contributed by atoms with Crippen LogP contribution in [-0.2, 0) is 24.6 Å². The first kappa shape index (κ1) is 23.4. The number of sulfone groups is 1. The van der Waals surface area contributed by atoms with Gasteiger partial charge in [-0.3, -0.25) is 4.79 Å². The van der Waals surface area contributed by atoms with E-state index in [9.17, 15) is 21.6 Å². The lowest BCUT2D eigenvalue weighted by atomic mass is 10.1. The van der Waals surface area contributed by atoms with Crippen LogP contribution in [0.5, 0.6) is 0 Å². The predicted octanol–water partition coefficient (Wildman–Crippen LogP) is 2.45. The summed E-state index contributed by atoms with van der Waals surface area (Å²) in [6.45, 7) is 5.94. The molecule has 2 aromatic carbocycles. The van der Waals surface area contributed by atoms with Crippen molar-refractivity contribution in [3.8, 4) is 0 Å². The second kappa shape index (κ2) is 8.70. The van der Waals surface area contributed by atoms with Gasteiger partial charge in [-0.25, -0.2) is 16.8 Å². The van der Waals surface area contributed by atoms with E-state index in [4.69, 9.17) is 4.74 Å². The quantitative estimate of drug-likeness (QED) is 0.725. The van der Waals surface area contributed by atoms with Crippen molar-refractivity contribution in [2.24, 2.45) is 0 Å². The highest BCUT2D eigenvalue weighted by Gasteiger charge is 2.32. The molecule has 1 amide bonds. The van der Waals surface area contributed by atoms with Crippen molar-refractivity contribution in [1.82, 2.24) is 4.31 Å². The largest absolute Gasteiger partial charge is 0.373 e. The Morgan fingerprint density at radius 2 is 1.52 bits per heavy atom. The molecule has 31 heavy (non-hydrogen) atoms. The molecule has 0 bridgehead atoms. The van der Waals surface area contributed by atoms with Gasteiger partial charge >= 0.3 is 0 Å². The number of carbonyl (C=O) groups is 1. The normalized spacial score (nSPS) is 20.4. The molecule has 1 N–H and O–H groups in total. The summed E-state index contributed by atoms with van der Waals surface area (Å²) in [4.78, 5) is 12.8. The third-order valence-electron chi connectivity index (χ3n) is 5.03. The Bertz CT molecular complexity index is 1180. The molecule has 0 saturated carbocycles. The number of nitrogens with one attached hydrogen (secondary N) is 1. The summed E-state index contributed by atoms with van der Waals surface area (Å²) < 4.78 is 56.4. The molecule has 0 aromatic heterocycles. The molecular weight excluding hydrogens is 440 g/mol. The standard InChI is InChI=1S/C21H26N2O6S2/c1-14-5-8-19(30(4,25)26)11-20(14)22-21(24)17-6-9-18(10-7-17)31(27,28)23-12-15(2)29-16(3)13-23/h5-11,15-16H,12-13H2,1-4H3,(H,22,24)/t15-,16-/m1/s1. The van der Waals surface area contributed by atoms with E-state index in [1.165, 1.54) is 40.7 Å². The summed E-state index contributed by atoms with van der Waals surface area (Å²) in [6, 6.07) is 10.2. The first-order valence-electron chi connectivity index (χ1n) is 9.75. The molecule has 1 saturated heterocycles. The van der Waals surface area contributed by atoms with Crippen molar-refractivity contribution in [2.45, 2.75) is 42.8 Å². The van der Waals surface area contributed by atoms with Crippen LogP contribution in [0.4, 0.5) is 5.69 Å². The molecule has 168 valence electrons. The maximum atomic E-state index is 12.9. The van der Waals surface area contributed by atoms with Gasteiger partial charge in [0.15, 0.2) is 9.84 Å². The van der Waals surface area contributed by atoms with Gasteiger partial charge in [0.1, 0.15) is 0 Å². The minimum Gasteiger partial charge on any atom is -0.373 e. The first-order chi connectivity index (χ1) is 14.4. The van der Waals surface area contributed by atoms with Crippen molar-refractivity contribution in [1.29, 1.82) is 0 Å². The van der Waals surface area contributed by atoms with E-state index in [0.29, 0.717) is 11.3 Å². The molecule has 10 heteroatoms. The van der Waals surface area contributed by atoms with E-state index >= 15 is 0 Å². The Balaban J connectivity index is 1.80. The van der Waals surface area contributed by atoms with Crippen LogP contribution in [0.1, 0.15) is 29.8 Å². The van der Waals surface area contributed by atoms with E-state index in [2.05, 4.69) is 5.32 Å². The van der Waals surface area contributed by atoms with Crippen molar-refractivity contribution < 1.29 is 26.4 Å². The van der Waals surface area contributed by atoms with Crippen LogP contribution in [0.25, 0.3) is 0 Å². The molecule has 0 spiro atoms. The number of benzene rings is 2. The Morgan fingerprint density at radius 3 is 2.06 bits per heavy atom. The molecule has 1 aliphatic rings. The van der Waals surface area contributed by atoms with Gasteiger partial charge in [0.2, 0.25) is 10.0 Å². The van der Waals surface area contributed by atoms with Crippen molar-refractivity contribution in [3.63, 3.8) is 0 Å². The summed E-state index contributed by atoms with van der Waals surface area (Å²) in [5.74, 6) is -0.466. The van der Waals surface area contributed by atoms with Gasteiger partial charge in [-0.2, -0.15) is 4.31 Å². The second-order valence-electron chi connectivity index (χ2n) is 7.81. The van der Waals surface area contributed by atoms with Crippen LogP contribution in [0.3, 0.4) is 0 Å². The second-order valence-corrected chi connectivity index (χ2v) is 11.8. The fourth-order valence-electron chi connectivity index (χ4n) is 3.42. The van der Waals surface area contributed by atoms with Gasteiger partial charge in [-0.15, -0.1) is 0 Å². The van der Waals surface area contributed by atoms with Gasteiger partial charge in [0.05, 0.1) is 22.0 Å². The maximum Gasteiger partial charge on any atom is 0.255 e. The molecule has 8 nitrogen and oxygen atoms in total. The first-order valence-corrected chi connectivity index (χ1v) is 13.1. The lowest BCUT2D eigenvalue weighted by Crippen LogP contribution is -2.48. The van der Waals surface area contributed by atoms with E-state index in [1.54, 1.807) is 13.0 Å². The lowest BCUT2D eigenvalue weighted by molar-refractivity contribution is -0.0440. The SMILES string of the molecule is Cc1ccc(S(C)(=O)=O)cc1NC(=O)c1ccc(S(=O)(=O)N2C[C@@H](C)O[C@H](C)C2)cc1. The third kappa shape index (κ3) is 5.32. The Labute approximate surface area is 183 Å². The number of carbonyl (C=O) groups excluding carboxylic acids is 1. The zero-order chi connectivity index (χ0) is 23.0. The van der Waals surface area contributed by atoms with Crippen LogP contribution < -0.4 is 5.32 Å². The molecule has 0 aliphatic carbocycles. The number of hydrogen-bond donors (Lipinski definition) is 1. The molecule has 0 unspecified atom stereocenters. The van der Waals surface area contributed by atoms with E-state index in [1.807, 2.05) is 13.8 Å². The number of rotatable bonds is 5. The highest BCUT2D eigenvalue weighted by molar-refractivity contribution is 7.90. The topological polar surface area (TPSA) is 110 Å². The molecule has 1 heterocycles. The van der Waals surface area contributed by atoms with Crippen LogP contribution >= 0.6 is 0 Å². The highest BCUT2D eigenvalue weighted by Crippen LogP contribution is 2.23. The number of sulfonamides is 1. The molecule has 2 aromatic rings. The number of nitrogens with zero attached hydrogens (tertiary/aromatic N) is 1. The molecular formula is C21H26N2O6S2. The molecule has 3 rings (SSSR count). The van der Waals surface area contributed by atoms with Gasteiger partial charge in [-0.05, 0) is 62.7 Å². The van der Waals surface area contributed by atoms with Crippen molar-refractivity contribution in [2.75, 3.05) is 24.7 Å². The minimum atomic E-state index is -3.70. The van der Waals surface area contributed by atoms with E-state index in [-0.39, 0.29) is 40.7 Å². The summed E-state index contributed by atoms with van der Waals surface area (Å²) in [5, 5.41) is 2.69.